The highest BCUT2D eigenvalue weighted by Gasteiger charge is 2.16. The standard InChI is InChI=1S/C21H19N3O3S/c1-14(27-18-9-7-17(26-2)8-10-18)20(25)24-21-23-13-19(28-21)11-15-3-5-16(12-22)6-4-15/h3-10,13-14H,11H2,1-2H3,(H,23,24,25). The van der Waals surface area contributed by atoms with Gasteiger partial charge in [0.2, 0.25) is 0 Å². The van der Waals surface area contributed by atoms with Crippen LogP contribution < -0.4 is 14.8 Å². The maximum atomic E-state index is 12.4. The summed E-state index contributed by atoms with van der Waals surface area (Å²) in [5.41, 5.74) is 1.71. The highest BCUT2D eigenvalue weighted by Crippen LogP contribution is 2.22. The number of rotatable bonds is 7. The van der Waals surface area contributed by atoms with Gasteiger partial charge in [-0.2, -0.15) is 5.26 Å². The number of carbonyl (C=O) groups is 1. The molecule has 0 aliphatic rings. The average molecular weight is 393 g/mol. The van der Waals surface area contributed by atoms with Crippen LogP contribution in [-0.4, -0.2) is 24.1 Å². The Labute approximate surface area is 167 Å². The molecule has 0 aliphatic carbocycles. The molecule has 1 heterocycles. The highest BCUT2D eigenvalue weighted by molar-refractivity contribution is 7.15. The van der Waals surface area contributed by atoms with E-state index in [2.05, 4.69) is 16.4 Å². The Morgan fingerprint density at radius 1 is 1.18 bits per heavy atom. The number of hydrogen-bond donors (Lipinski definition) is 1. The molecule has 1 amide bonds. The number of carbonyl (C=O) groups excluding carboxylic acids is 1. The van der Waals surface area contributed by atoms with Gasteiger partial charge in [0, 0.05) is 17.5 Å². The summed E-state index contributed by atoms with van der Waals surface area (Å²) in [6.45, 7) is 1.69. The summed E-state index contributed by atoms with van der Waals surface area (Å²) in [4.78, 5) is 17.6. The third-order valence-electron chi connectivity index (χ3n) is 3.99. The molecule has 142 valence electrons. The zero-order valence-electron chi connectivity index (χ0n) is 15.5. The molecule has 0 saturated heterocycles. The highest BCUT2D eigenvalue weighted by atomic mass is 32.1. The van der Waals surface area contributed by atoms with Gasteiger partial charge in [-0.3, -0.25) is 10.1 Å². The SMILES string of the molecule is COc1ccc(OC(C)C(=O)Nc2ncc(Cc3ccc(C#N)cc3)s2)cc1. The summed E-state index contributed by atoms with van der Waals surface area (Å²) in [6.07, 6.45) is 1.77. The van der Waals surface area contributed by atoms with E-state index >= 15 is 0 Å². The van der Waals surface area contributed by atoms with E-state index in [1.54, 1.807) is 56.6 Å². The van der Waals surface area contributed by atoms with Crippen LogP contribution in [0.1, 0.15) is 22.9 Å². The lowest BCUT2D eigenvalue weighted by atomic mass is 10.1. The van der Waals surface area contributed by atoms with Crippen molar-refractivity contribution in [2.75, 3.05) is 12.4 Å². The van der Waals surface area contributed by atoms with Crippen LogP contribution in [0.5, 0.6) is 11.5 Å². The molecule has 3 aromatic rings. The number of anilines is 1. The lowest BCUT2D eigenvalue weighted by Crippen LogP contribution is -2.30. The Kier molecular flexibility index (Phi) is 6.25. The Bertz CT molecular complexity index is 975. The first-order chi connectivity index (χ1) is 13.6. The average Bonchev–Trinajstić information content (AvgIpc) is 3.15. The lowest BCUT2D eigenvalue weighted by Gasteiger charge is -2.13. The van der Waals surface area contributed by atoms with Crippen LogP contribution in [0.3, 0.4) is 0 Å². The van der Waals surface area contributed by atoms with Crippen molar-refractivity contribution in [3.05, 3.63) is 70.7 Å². The Morgan fingerprint density at radius 3 is 2.50 bits per heavy atom. The van der Waals surface area contributed by atoms with E-state index < -0.39 is 6.10 Å². The van der Waals surface area contributed by atoms with E-state index in [1.807, 2.05) is 12.1 Å². The van der Waals surface area contributed by atoms with Crippen molar-refractivity contribution in [1.29, 1.82) is 5.26 Å². The van der Waals surface area contributed by atoms with Crippen LogP contribution in [-0.2, 0) is 11.2 Å². The van der Waals surface area contributed by atoms with Crippen molar-refractivity contribution < 1.29 is 14.3 Å². The fourth-order valence-electron chi connectivity index (χ4n) is 2.46. The third kappa shape index (κ3) is 5.09. The largest absolute Gasteiger partial charge is 0.497 e. The second-order valence-corrected chi connectivity index (χ2v) is 7.16. The molecule has 3 rings (SSSR count). The topological polar surface area (TPSA) is 84.2 Å². The first kappa shape index (κ1) is 19.4. The summed E-state index contributed by atoms with van der Waals surface area (Å²) in [5.74, 6) is 1.04. The maximum absolute atomic E-state index is 12.4. The number of thiazole rings is 1. The lowest BCUT2D eigenvalue weighted by molar-refractivity contribution is -0.122. The van der Waals surface area contributed by atoms with Crippen LogP contribution in [0.2, 0.25) is 0 Å². The third-order valence-corrected chi connectivity index (χ3v) is 4.90. The number of amides is 1. The molecule has 0 aliphatic heterocycles. The molecule has 0 saturated carbocycles. The number of nitrogens with zero attached hydrogens (tertiary/aromatic N) is 2. The molecule has 6 nitrogen and oxygen atoms in total. The van der Waals surface area contributed by atoms with Gasteiger partial charge in [-0.15, -0.1) is 11.3 Å². The van der Waals surface area contributed by atoms with Crippen molar-refractivity contribution >= 4 is 22.4 Å². The molecule has 0 bridgehead atoms. The van der Waals surface area contributed by atoms with Crippen molar-refractivity contribution in [1.82, 2.24) is 4.98 Å². The van der Waals surface area contributed by atoms with E-state index in [0.717, 1.165) is 16.2 Å². The number of nitriles is 1. The number of ether oxygens (including phenoxy) is 2. The van der Waals surface area contributed by atoms with E-state index in [1.165, 1.54) is 11.3 Å². The summed E-state index contributed by atoms with van der Waals surface area (Å²) in [7, 11) is 1.59. The van der Waals surface area contributed by atoms with Gasteiger partial charge in [-0.1, -0.05) is 12.1 Å². The van der Waals surface area contributed by atoms with Crippen molar-refractivity contribution in [2.45, 2.75) is 19.4 Å². The van der Waals surface area contributed by atoms with Crippen LogP contribution in [0, 0.1) is 11.3 Å². The van der Waals surface area contributed by atoms with Gasteiger partial charge >= 0.3 is 0 Å². The molecule has 28 heavy (non-hydrogen) atoms. The predicted octanol–water partition coefficient (Wildman–Crippen LogP) is 4.02. The first-order valence-electron chi connectivity index (χ1n) is 8.62. The minimum absolute atomic E-state index is 0.268. The number of hydrogen-bond acceptors (Lipinski definition) is 6. The molecule has 1 unspecified atom stereocenters. The fourth-order valence-corrected chi connectivity index (χ4v) is 3.31. The zero-order valence-corrected chi connectivity index (χ0v) is 16.3. The molecule has 1 aromatic heterocycles. The molecule has 1 atom stereocenters. The fraction of sp³-hybridized carbons (Fsp3) is 0.190. The Morgan fingerprint density at radius 2 is 1.86 bits per heavy atom. The smallest absolute Gasteiger partial charge is 0.266 e. The molecule has 2 aromatic carbocycles. The van der Waals surface area contributed by atoms with Gasteiger partial charge < -0.3 is 9.47 Å². The summed E-state index contributed by atoms with van der Waals surface area (Å²) in [5, 5.41) is 12.2. The van der Waals surface area contributed by atoms with E-state index in [-0.39, 0.29) is 5.91 Å². The van der Waals surface area contributed by atoms with Crippen LogP contribution in [0.4, 0.5) is 5.13 Å². The molecule has 7 heteroatoms. The van der Waals surface area contributed by atoms with Crippen molar-refractivity contribution in [3.63, 3.8) is 0 Å². The molecule has 0 spiro atoms. The van der Waals surface area contributed by atoms with Crippen LogP contribution in [0.25, 0.3) is 0 Å². The van der Waals surface area contributed by atoms with Crippen LogP contribution in [0.15, 0.2) is 54.7 Å². The van der Waals surface area contributed by atoms with Crippen molar-refractivity contribution in [2.24, 2.45) is 0 Å². The van der Waals surface area contributed by atoms with E-state index in [0.29, 0.717) is 22.9 Å². The molecule has 1 N–H and O–H groups in total. The summed E-state index contributed by atoms with van der Waals surface area (Å²) < 4.78 is 10.8. The summed E-state index contributed by atoms with van der Waals surface area (Å²) in [6, 6.07) is 16.6. The maximum Gasteiger partial charge on any atom is 0.266 e. The molecule has 0 radical (unpaired) electrons. The predicted molar refractivity (Wildman–Crippen MR) is 108 cm³/mol. The minimum Gasteiger partial charge on any atom is -0.497 e. The Balaban J connectivity index is 1.55. The van der Waals surface area contributed by atoms with Gasteiger partial charge in [-0.05, 0) is 48.9 Å². The van der Waals surface area contributed by atoms with E-state index in [9.17, 15) is 4.79 Å². The molecule has 0 fully saturated rings. The van der Waals surface area contributed by atoms with E-state index in [4.69, 9.17) is 14.7 Å². The van der Waals surface area contributed by atoms with Gasteiger partial charge in [0.05, 0.1) is 18.7 Å². The van der Waals surface area contributed by atoms with Crippen molar-refractivity contribution in [3.8, 4) is 17.6 Å². The minimum atomic E-state index is -0.667. The quantitative estimate of drug-likeness (QED) is 0.655. The van der Waals surface area contributed by atoms with Gasteiger partial charge in [0.15, 0.2) is 11.2 Å². The van der Waals surface area contributed by atoms with Gasteiger partial charge in [0.1, 0.15) is 11.5 Å². The monoisotopic (exact) mass is 393 g/mol. The van der Waals surface area contributed by atoms with Crippen LogP contribution >= 0.6 is 11.3 Å². The number of methoxy groups -OCH3 is 1. The zero-order chi connectivity index (χ0) is 19.9. The summed E-state index contributed by atoms with van der Waals surface area (Å²) >= 11 is 1.41. The second kappa shape index (κ2) is 9.02. The number of aromatic nitrogens is 1. The first-order valence-corrected chi connectivity index (χ1v) is 9.44. The normalized spacial score (nSPS) is 11.3. The molecular weight excluding hydrogens is 374 g/mol. The second-order valence-electron chi connectivity index (χ2n) is 6.04. The van der Waals surface area contributed by atoms with Gasteiger partial charge in [0.25, 0.3) is 5.91 Å². The number of nitrogens with one attached hydrogen (secondary N) is 1. The molecular formula is C21H19N3O3S. The van der Waals surface area contributed by atoms with Gasteiger partial charge in [-0.25, -0.2) is 4.98 Å². The Hall–Kier alpha value is -3.37. The number of benzene rings is 2.